The topological polar surface area (TPSA) is 34.1 Å². The summed E-state index contributed by atoms with van der Waals surface area (Å²) in [6, 6.07) is 16.0. The molecule has 0 heterocycles. The standard InChI is InChI=1S/C16H16O2S/c1-13-8-9-16(14-6-4-3-5-7-14)15(12-13)10-11-19(2,17)18/h3-12H,1-2H3. The monoisotopic (exact) mass is 272 g/mol. The van der Waals surface area contributed by atoms with Crippen molar-refractivity contribution in [2.24, 2.45) is 0 Å². The minimum atomic E-state index is -3.11. The summed E-state index contributed by atoms with van der Waals surface area (Å²) >= 11 is 0. The van der Waals surface area contributed by atoms with Gasteiger partial charge in [-0.2, -0.15) is 0 Å². The highest BCUT2D eigenvalue weighted by Crippen LogP contribution is 2.25. The van der Waals surface area contributed by atoms with Crippen molar-refractivity contribution >= 4 is 15.9 Å². The average Bonchev–Trinajstić information content (AvgIpc) is 2.37. The van der Waals surface area contributed by atoms with Crippen LogP contribution in [0.5, 0.6) is 0 Å². The SMILES string of the molecule is Cc1ccc(-c2ccccc2)c(C=CS(C)(=O)=O)c1. The highest BCUT2D eigenvalue weighted by molar-refractivity contribution is 7.93. The second kappa shape index (κ2) is 5.41. The van der Waals surface area contributed by atoms with Crippen LogP contribution in [0.2, 0.25) is 0 Å². The fraction of sp³-hybridized carbons (Fsp3) is 0.125. The van der Waals surface area contributed by atoms with Gasteiger partial charge in [0.05, 0.1) is 0 Å². The van der Waals surface area contributed by atoms with E-state index < -0.39 is 9.84 Å². The summed E-state index contributed by atoms with van der Waals surface area (Å²) in [4.78, 5) is 0. The lowest BCUT2D eigenvalue weighted by Gasteiger charge is -2.07. The average molecular weight is 272 g/mol. The quantitative estimate of drug-likeness (QED) is 0.854. The zero-order valence-corrected chi connectivity index (χ0v) is 11.8. The Balaban J connectivity index is 2.54. The van der Waals surface area contributed by atoms with Crippen LogP contribution in [-0.4, -0.2) is 14.7 Å². The summed E-state index contributed by atoms with van der Waals surface area (Å²) in [5.74, 6) is 0. The van der Waals surface area contributed by atoms with Gasteiger partial charge < -0.3 is 0 Å². The fourth-order valence-electron chi connectivity index (χ4n) is 1.90. The van der Waals surface area contributed by atoms with Crippen LogP contribution in [-0.2, 0) is 9.84 Å². The second-order valence-electron chi connectivity index (χ2n) is 4.59. The lowest BCUT2D eigenvalue weighted by molar-refractivity contribution is 0.610. The third kappa shape index (κ3) is 3.80. The van der Waals surface area contributed by atoms with Gasteiger partial charge in [0.25, 0.3) is 0 Å². The van der Waals surface area contributed by atoms with Crippen LogP contribution in [0, 0.1) is 6.92 Å². The minimum Gasteiger partial charge on any atom is -0.225 e. The summed E-state index contributed by atoms with van der Waals surface area (Å²) in [7, 11) is -3.11. The van der Waals surface area contributed by atoms with Crippen LogP contribution in [0.3, 0.4) is 0 Å². The van der Waals surface area contributed by atoms with Crippen LogP contribution < -0.4 is 0 Å². The van der Waals surface area contributed by atoms with E-state index in [4.69, 9.17) is 0 Å². The Bertz CT molecular complexity index is 699. The van der Waals surface area contributed by atoms with Gasteiger partial charge in [0, 0.05) is 11.7 Å². The number of rotatable bonds is 3. The van der Waals surface area contributed by atoms with E-state index in [-0.39, 0.29) is 0 Å². The molecule has 0 aliphatic heterocycles. The first-order chi connectivity index (χ1) is 8.96. The van der Waals surface area contributed by atoms with Gasteiger partial charge in [-0.15, -0.1) is 0 Å². The smallest absolute Gasteiger partial charge is 0.168 e. The zero-order valence-electron chi connectivity index (χ0n) is 11.0. The van der Waals surface area contributed by atoms with Gasteiger partial charge in [-0.25, -0.2) is 8.42 Å². The van der Waals surface area contributed by atoms with Crippen molar-refractivity contribution in [3.05, 3.63) is 65.1 Å². The molecular weight excluding hydrogens is 256 g/mol. The Labute approximate surface area is 114 Å². The van der Waals surface area contributed by atoms with Crippen molar-refractivity contribution in [1.29, 1.82) is 0 Å². The number of hydrogen-bond donors (Lipinski definition) is 0. The molecule has 2 rings (SSSR count). The van der Waals surface area contributed by atoms with E-state index in [1.54, 1.807) is 6.08 Å². The molecule has 0 N–H and O–H groups in total. The fourth-order valence-corrected chi connectivity index (χ4v) is 2.29. The van der Waals surface area contributed by atoms with Gasteiger partial charge in [0.2, 0.25) is 0 Å². The van der Waals surface area contributed by atoms with E-state index in [1.807, 2.05) is 55.5 Å². The molecule has 0 spiro atoms. The first-order valence-electron chi connectivity index (χ1n) is 6.00. The molecule has 0 saturated carbocycles. The molecule has 0 amide bonds. The normalized spacial score (nSPS) is 11.9. The van der Waals surface area contributed by atoms with Crippen LogP contribution >= 0.6 is 0 Å². The molecule has 0 unspecified atom stereocenters. The highest BCUT2D eigenvalue weighted by Gasteiger charge is 2.03. The van der Waals surface area contributed by atoms with Crippen molar-refractivity contribution in [3.8, 4) is 11.1 Å². The zero-order chi connectivity index (χ0) is 13.9. The predicted molar refractivity (Wildman–Crippen MR) is 80.5 cm³/mol. The predicted octanol–water partition coefficient (Wildman–Crippen LogP) is 3.68. The number of benzene rings is 2. The molecule has 2 nitrogen and oxygen atoms in total. The number of sulfone groups is 1. The summed E-state index contributed by atoms with van der Waals surface area (Å²) < 4.78 is 22.5. The maximum absolute atomic E-state index is 11.3. The van der Waals surface area contributed by atoms with Gasteiger partial charge >= 0.3 is 0 Å². The van der Waals surface area contributed by atoms with Gasteiger partial charge in [-0.3, -0.25) is 0 Å². The molecular formula is C16H16O2S. The van der Waals surface area contributed by atoms with Gasteiger partial charge in [-0.05, 0) is 29.7 Å². The molecule has 0 bridgehead atoms. The first kappa shape index (κ1) is 13.6. The van der Waals surface area contributed by atoms with Crippen LogP contribution in [0.15, 0.2) is 53.9 Å². The summed E-state index contributed by atoms with van der Waals surface area (Å²) in [5, 5.41) is 1.24. The Morgan fingerprint density at radius 3 is 2.32 bits per heavy atom. The van der Waals surface area contributed by atoms with Crippen molar-refractivity contribution in [1.82, 2.24) is 0 Å². The number of hydrogen-bond acceptors (Lipinski definition) is 2. The maximum Gasteiger partial charge on any atom is 0.168 e. The minimum absolute atomic E-state index is 0.914. The molecule has 19 heavy (non-hydrogen) atoms. The van der Waals surface area contributed by atoms with Crippen molar-refractivity contribution in [3.63, 3.8) is 0 Å². The Hall–Kier alpha value is -1.87. The maximum atomic E-state index is 11.3. The summed E-state index contributed by atoms with van der Waals surface area (Å²) in [6.07, 6.45) is 2.85. The summed E-state index contributed by atoms with van der Waals surface area (Å²) in [6.45, 7) is 1.99. The molecule has 0 radical (unpaired) electrons. The molecule has 0 aliphatic rings. The van der Waals surface area contributed by atoms with E-state index in [0.717, 1.165) is 22.3 Å². The van der Waals surface area contributed by atoms with Gasteiger partial charge in [0.1, 0.15) is 0 Å². The third-order valence-electron chi connectivity index (χ3n) is 2.79. The highest BCUT2D eigenvalue weighted by atomic mass is 32.2. The Morgan fingerprint density at radius 2 is 1.68 bits per heavy atom. The van der Waals surface area contributed by atoms with E-state index in [1.165, 1.54) is 11.7 Å². The molecule has 0 atom stereocenters. The van der Waals surface area contributed by atoms with Crippen molar-refractivity contribution < 1.29 is 8.42 Å². The van der Waals surface area contributed by atoms with Crippen LogP contribution in [0.4, 0.5) is 0 Å². The molecule has 0 aromatic heterocycles. The van der Waals surface area contributed by atoms with E-state index >= 15 is 0 Å². The molecule has 98 valence electrons. The number of aryl methyl sites for hydroxylation is 1. The third-order valence-corrected chi connectivity index (χ3v) is 3.42. The van der Waals surface area contributed by atoms with Gasteiger partial charge in [-0.1, -0.05) is 54.1 Å². The van der Waals surface area contributed by atoms with Gasteiger partial charge in [0.15, 0.2) is 9.84 Å². The van der Waals surface area contributed by atoms with E-state index in [9.17, 15) is 8.42 Å². The van der Waals surface area contributed by atoms with Crippen molar-refractivity contribution in [2.75, 3.05) is 6.26 Å². The van der Waals surface area contributed by atoms with Crippen LogP contribution in [0.25, 0.3) is 17.2 Å². The lowest BCUT2D eigenvalue weighted by Crippen LogP contribution is -1.89. The molecule has 0 aliphatic carbocycles. The first-order valence-corrected chi connectivity index (χ1v) is 7.95. The second-order valence-corrected chi connectivity index (χ2v) is 6.52. The molecule has 0 fully saturated rings. The Kier molecular flexibility index (Phi) is 3.86. The van der Waals surface area contributed by atoms with Crippen molar-refractivity contribution in [2.45, 2.75) is 6.92 Å². The van der Waals surface area contributed by atoms with E-state index in [2.05, 4.69) is 0 Å². The Morgan fingerprint density at radius 1 is 1.00 bits per heavy atom. The summed E-state index contributed by atoms with van der Waals surface area (Å²) in [5.41, 5.74) is 4.13. The van der Waals surface area contributed by atoms with E-state index in [0.29, 0.717) is 0 Å². The molecule has 0 saturated heterocycles. The molecule has 3 heteroatoms. The lowest BCUT2D eigenvalue weighted by atomic mass is 9.98. The molecule has 2 aromatic rings. The largest absolute Gasteiger partial charge is 0.225 e. The van der Waals surface area contributed by atoms with Crippen LogP contribution in [0.1, 0.15) is 11.1 Å². The molecule has 2 aromatic carbocycles.